The van der Waals surface area contributed by atoms with Crippen molar-refractivity contribution in [3.8, 4) is 5.75 Å². The van der Waals surface area contributed by atoms with Crippen LogP contribution in [0.2, 0.25) is 0 Å². The maximum Gasteiger partial charge on any atom is 0.137 e. The lowest BCUT2D eigenvalue weighted by Gasteiger charge is -2.08. The van der Waals surface area contributed by atoms with Crippen molar-refractivity contribution in [2.75, 3.05) is 13.7 Å². The quantitative estimate of drug-likeness (QED) is 0.819. The minimum Gasteiger partial charge on any atom is -0.495 e. The van der Waals surface area contributed by atoms with Crippen LogP contribution in [0.3, 0.4) is 0 Å². The number of pyridine rings is 1. The average molecular weight is 216 g/mol. The molecule has 0 aromatic carbocycles. The zero-order chi connectivity index (χ0) is 11.0. The molecule has 0 spiro atoms. The zero-order valence-electron chi connectivity index (χ0n) is 9.44. The van der Waals surface area contributed by atoms with Gasteiger partial charge in [-0.3, -0.25) is 4.98 Å². The molecule has 3 heteroatoms. The summed E-state index contributed by atoms with van der Waals surface area (Å²) in [5, 5.41) is 3.54. The third-order valence-corrected chi connectivity index (χ3v) is 3.58. The lowest BCUT2D eigenvalue weighted by atomic mass is 10.1. The molecule has 0 saturated carbocycles. The molecule has 1 fully saturated rings. The standard InChI is InChI=1S/C13H16N2O/c1-16-12-5-11(7-14-8-12)10-4-9-2-3-15-13(9)6-10/h4-5,7-9,13,15H,2-3,6H2,1H3/t9-,13+/m0/s1. The van der Waals surface area contributed by atoms with E-state index in [-0.39, 0.29) is 0 Å². The first-order chi connectivity index (χ1) is 7.86. The predicted molar refractivity (Wildman–Crippen MR) is 63.3 cm³/mol. The minimum atomic E-state index is 0.654. The number of rotatable bonds is 2. The van der Waals surface area contributed by atoms with Gasteiger partial charge in [-0.25, -0.2) is 0 Å². The smallest absolute Gasteiger partial charge is 0.137 e. The number of hydrogen-bond acceptors (Lipinski definition) is 3. The Balaban J connectivity index is 1.87. The van der Waals surface area contributed by atoms with Crippen LogP contribution in [0.4, 0.5) is 0 Å². The maximum absolute atomic E-state index is 5.20. The van der Waals surface area contributed by atoms with E-state index in [1.165, 1.54) is 17.6 Å². The molecule has 0 amide bonds. The van der Waals surface area contributed by atoms with Crippen LogP contribution in [0.1, 0.15) is 18.4 Å². The molecule has 84 valence electrons. The van der Waals surface area contributed by atoms with E-state index in [1.54, 1.807) is 13.3 Å². The highest BCUT2D eigenvalue weighted by Crippen LogP contribution is 2.36. The second kappa shape index (κ2) is 3.91. The van der Waals surface area contributed by atoms with Crippen LogP contribution < -0.4 is 10.1 Å². The highest BCUT2D eigenvalue weighted by Gasteiger charge is 2.31. The topological polar surface area (TPSA) is 34.1 Å². The number of hydrogen-bond donors (Lipinski definition) is 1. The monoisotopic (exact) mass is 216 g/mol. The fourth-order valence-electron chi connectivity index (χ4n) is 2.69. The van der Waals surface area contributed by atoms with Crippen molar-refractivity contribution in [2.24, 2.45) is 5.92 Å². The van der Waals surface area contributed by atoms with E-state index in [9.17, 15) is 0 Å². The van der Waals surface area contributed by atoms with Crippen LogP contribution in [0.25, 0.3) is 5.57 Å². The molecular formula is C13H16N2O. The normalized spacial score (nSPS) is 27.7. The highest BCUT2D eigenvalue weighted by atomic mass is 16.5. The fraction of sp³-hybridized carbons (Fsp3) is 0.462. The van der Waals surface area contributed by atoms with Gasteiger partial charge in [-0.2, -0.15) is 0 Å². The summed E-state index contributed by atoms with van der Waals surface area (Å²) in [6.07, 6.45) is 8.47. The Hall–Kier alpha value is -1.35. The second-order valence-corrected chi connectivity index (χ2v) is 4.52. The Bertz CT molecular complexity index is 428. The van der Waals surface area contributed by atoms with Crippen LogP contribution in [0.5, 0.6) is 5.75 Å². The van der Waals surface area contributed by atoms with Gasteiger partial charge in [0, 0.05) is 12.2 Å². The van der Waals surface area contributed by atoms with E-state index in [4.69, 9.17) is 4.74 Å². The first kappa shape index (κ1) is 9.85. The van der Waals surface area contributed by atoms with Gasteiger partial charge in [-0.1, -0.05) is 6.08 Å². The number of fused-ring (bicyclic) bond motifs is 1. The minimum absolute atomic E-state index is 0.654. The third kappa shape index (κ3) is 1.61. The van der Waals surface area contributed by atoms with Gasteiger partial charge in [0.25, 0.3) is 0 Å². The second-order valence-electron chi connectivity index (χ2n) is 4.52. The summed E-state index contributed by atoms with van der Waals surface area (Å²) in [5.74, 6) is 1.56. The van der Waals surface area contributed by atoms with E-state index in [0.717, 1.165) is 24.6 Å². The van der Waals surface area contributed by atoms with E-state index >= 15 is 0 Å². The number of ether oxygens (including phenoxy) is 1. The van der Waals surface area contributed by atoms with Crippen LogP contribution in [0.15, 0.2) is 24.5 Å². The number of nitrogens with one attached hydrogen (secondary N) is 1. The van der Waals surface area contributed by atoms with Crippen LogP contribution in [0, 0.1) is 5.92 Å². The molecule has 2 aliphatic rings. The molecule has 0 unspecified atom stereocenters. The summed E-state index contributed by atoms with van der Waals surface area (Å²) in [6, 6.07) is 2.72. The molecule has 3 rings (SSSR count). The van der Waals surface area contributed by atoms with E-state index in [1.807, 2.05) is 6.20 Å². The van der Waals surface area contributed by atoms with Gasteiger partial charge in [0.05, 0.1) is 13.3 Å². The summed E-state index contributed by atoms with van der Waals surface area (Å²) in [6.45, 7) is 1.16. The van der Waals surface area contributed by atoms with E-state index < -0.39 is 0 Å². The average Bonchev–Trinajstić information content (AvgIpc) is 2.89. The number of aromatic nitrogens is 1. The van der Waals surface area contributed by atoms with Gasteiger partial charge in [0.2, 0.25) is 0 Å². The van der Waals surface area contributed by atoms with Crippen molar-refractivity contribution in [3.05, 3.63) is 30.1 Å². The highest BCUT2D eigenvalue weighted by molar-refractivity contribution is 5.69. The molecule has 1 aromatic rings. The Morgan fingerprint density at radius 1 is 1.44 bits per heavy atom. The summed E-state index contributed by atoms with van der Waals surface area (Å²) in [4.78, 5) is 4.21. The molecule has 16 heavy (non-hydrogen) atoms. The fourth-order valence-corrected chi connectivity index (χ4v) is 2.69. The largest absolute Gasteiger partial charge is 0.495 e. The lowest BCUT2D eigenvalue weighted by molar-refractivity contribution is 0.412. The van der Waals surface area contributed by atoms with Gasteiger partial charge >= 0.3 is 0 Å². The molecule has 3 nitrogen and oxygen atoms in total. The summed E-state index contributed by atoms with van der Waals surface area (Å²) < 4.78 is 5.20. The molecule has 0 radical (unpaired) electrons. The Labute approximate surface area is 95.5 Å². The molecule has 2 atom stereocenters. The first-order valence-corrected chi connectivity index (χ1v) is 5.80. The van der Waals surface area contributed by atoms with E-state index in [2.05, 4.69) is 22.4 Å². The molecule has 2 heterocycles. The van der Waals surface area contributed by atoms with Crippen molar-refractivity contribution in [2.45, 2.75) is 18.9 Å². The summed E-state index contributed by atoms with van der Waals surface area (Å²) in [5.41, 5.74) is 2.61. The van der Waals surface area contributed by atoms with Crippen molar-refractivity contribution >= 4 is 5.57 Å². The summed E-state index contributed by atoms with van der Waals surface area (Å²) in [7, 11) is 1.68. The molecule has 1 saturated heterocycles. The van der Waals surface area contributed by atoms with Gasteiger partial charge in [-0.05, 0) is 42.5 Å². The SMILES string of the molecule is COc1cncc(C2=C[C@@H]3CCN[C@@H]3C2)c1. The van der Waals surface area contributed by atoms with Crippen molar-refractivity contribution in [1.82, 2.24) is 10.3 Å². The third-order valence-electron chi connectivity index (χ3n) is 3.58. The zero-order valence-corrected chi connectivity index (χ0v) is 9.44. The summed E-state index contributed by atoms with van der Waals surface area (Å²) >= 11 is 0. The number of nitrogens with zero attached hydrogens (tertiary/aromatic N) is 1. The Kier molecular flexibility index (Phi) is 2.40. The van der Waals surface area contributed by atoms with Crippen LogP contribution >= 0.6 is 0 Å². The van der Waals surface area contributed by atoms with Crippen molar-refractivity contribution in [3.63, 3.8) is 0 Å². The molecule has 1 aromatic heterocycles. The molecular weight excluding hydrogens is 200 g/mol. The van der Waals surface area contributed by atoms with Crippen LogP contribution in [-0.2, 0) is 0 Å². The van der Waals surface area contributed by atoms with E-state index in [0.29, 0.717) is 6.04 Å². The van der Waals surface area contributed by atoms with Crippen molar-refractivity contribution < 1.29 is 4.74 Å². The van der Waals surface area contributed by atoms with Gasteiger partial charge in [-0.15, -0.1) is 0 Å². The van der Waals surface area contributed by atoms with Gasteiger partial charge in [0.1, 0.15) is 5.75 Å². The molecule has 1 aliphatic carbocycles. The molecule has 1 aliphatic heterocycles. The van der Waals surface area contributed by atoms with Gasteiger partial charge < -0.3 is 10.1 Å². The maximum atomic E-state index is 5.20. The Morgan fingerprint density at radius 3 is 3.19 bits per heavy atom. The molecule has 0 bridgehead atoms. The first-order valence-electron chi connectivity index (χ1n) is 5.80. The van der Waals surface area contributed by atoms with Crippen molar-refractivity contribution in [1.29, 1.82) is 0 Å². The number of methoxy groups -OCH3 is 1. The van der Waals surface area contributed by atoms with Crippen LogP contribution in [-0.4, -0.2) is 24.7 Å². The van der Waals surface area contributed by atoms with Gasteiger partial charge in [0.15, 0.2) is 0 Å². The predicted octanol–water partition coefficient (Wildman–Crippen LogP) is 1.86. The molecule has 1 N–H and O–H groups in total. The Morgan fingerprint density at radius 2 is 2.38 bits per heavy atom. The lowest BCUT2D eigenvalue weighted by Crippen LogP contribution is -2.22.